The number of hydrogen-bond acceptors (Lipinski definition) is 13. The predicted octanol–water partition coefficient (Wildman–Crippen LogP) is -2.53. The van der Waals surface area contributed by atoms with E-state index in [-0.39, 0.29) is 18.7 Å². The maximum absolute atomic E-state index is 11.7. The van der Waals surface area contributed by atoms with Gasteiger partial charge in [-0.3, -0.25) is 0 Å². The summed E-state index contributed by atoms with van der Waals surface area (Å²) in [7, 11) is -1.54. The van der Waals surface area contributed by atoms with Gasteiger partial charge in [0.05, 0.1) is 24.3 Å². The average Bonchev–Trinajstić information content (AvgIpc) is 2.86. The number of hydrogen-bond donors (Lipinski definition) is 9. The molecule has 1 aliphatic carbocycles. The standard InChI is InChI=1S/C23H38N3O12P/c1-12-10-22(29,11-26-9-8-13-4-6-14(7-5-13)37-38-39(31,32)33)23(30)21(34-12)35-20-18(28)15(24-2)17(27)16(25-3)19(20)36-23/h4-7,12,15-21,24-30H,8-11H2,1-3H3,(H2,31,32,33)/t12-,15-,16+,17+,18+,19-,20-,21+,22-,23-/m1/s1. The van der Waals surface area contributed by atoms with Crippen molar-refractivity contribution in [2.75, 3.05) is 27.2 Å². The van der Waals surface area contributed by atoms with Crippen LogP contribution in [0.1, 0.15) is 18.9 Å². The molecule has 3 fully saturated rings. The summed E-state index contributed by atoms with van der Waals surface area (Å²) in [5.74, 6) is -2.19. The molecule has 39 heavy (non-hydrogen) atoms. The molecule has 10 atom stereocenters. The quantitative estimate of drug-likeness (QED) is 0.0604. The second-order valence-corrected chi connectivity index (χ2v) is 11.4. The Hall–Kier alpha value is -1.27. The summed E-state index contributed by atoms with van der Waals surface area (Å²) in [6, 6.07) is 4.89. The molecule has 3 aliphatic rings. The van der Waals surface area contributed by atoms with Crippen LogP contribution in [0.4, 0.5) is 0 Å². The molecule has 0 amide bonds. The first-order valence-electron chi connectivity index (χ1n) is 12.7. The number of aliphatic hydroxyl groups is 4. The number of aliphatic hydroxyl groups excluding tert-OH is 2. The van der Waals surface area contributed by atoms with Gasteiger partial charge in [0.2, 0.25) is 12.1 Å². The van der Waals surface area contributed by atoms with Crippen LogP contribution in [0.3, 0.4) is 0 Å². The lowest BCUT2D eigenvalue weighted by Crippen LogP contribution is -2.81. The highest BCUT2D eigenvalue weighted by Gasteiger charge is 2.68. The fraction of sp³-hybridized carbons (Fsp3) is 0.739. The van der Waals surface area contributed by atoms with E-state index in [1.54, 1.807) is 33.2 Å². The van der Waals surface area contributed by atoms with E-state index < -0.39 is 68.1 Å². The average molecular weight is 580 g/mol. The van der Waals surface area contributed by atoms with Crippen LogP contribution in [-0.2, 0) is 29.9 Å². The van der Waals surface area contributed by atoms with Gasteiger partial charge < -0.3 is 65.3 Å². The molecular formula is C23H38N3O12P. The molecule has 9 N–H and O–H groups in total. The molecule has 0 radical (unpaired) electrons. The molecule has 222 valence electrons. The lowest BCUT2D eigenvalue weighted by atomic mass is 9.77. The first-order valence-corrected chi connectivity index (χ1v) is 14.2. The van der Waals surface area contributed by atoms with E-state index in [0.717, 1.165) is 5.56 Å². The van der Waals surface area contributed by atoms with E-state index in [9.17, 15) is 25.0 Å². The highest BCUT2D eigenvalue weighted by molar-refractivity contribution is 7.46. The first-order chi connectivity index (χ1) is 18.3. The van der Waals surface area contributed by atoms with Gasteiger partial charge in [-0.05, 0) is 51.7 Å². The smallest absolute Gasteiger partial charge is 0.390 e. The lowest BCUT2D eigenvalue weighted by molar-refractivity contribution is -0.482. The summed E-state index contributed by atoms with van der Waals surface area (Å²) in [6.45, 7) is 2.04. The molecule has 0 spiro atoms. The Bertz CT molecular complexity index is 1020. The summed E-state index contributed by atoms with van der Waals surface area (Å²) in [5.41, 5.74) is -0.984. The molecule has 1 saturated carbocycles. The topological polar surface area (TPSA) is 221 Å². The third-order valence-electron chi connectivity index (χ3n) is 7.51. The van der Waals surface area contributed by atoms with Crippen molar-refractivity contribution < 1.29 is 58.6 Å². The minimum Gasteiger partial charge on any atom is -0.390 e. The van der Waals surface area contributed by atoms with Gasteiger partial charge in [-0.2, -0.15) is 0 Å². The fourth-order valence-corrected chi connectivity index (χ4v) is 5.74. The van der Waals surface area contributed by atoms with Crippen LogP contribution in [0.15, 0.2) is 24.3 Å². The van der Waals surface area contributed by atoms with Gasteiger partial charge in [-0.25, -0.2) is 4.57 Å². The Labute approximate surface area is 225 Å². The number of phosphoric acid groups is 1. The molecule has 0 bridgehead atoms. The molecule has 4 rings (SSSR count). The van der Waals surface area contributed by atoms with E-state index in [4.69, 9.17) is 24.0 Å². The largest absolute Gasteiger partial charge is 0.505 e. The molecule has 1 aromatic carbocycles. The number of fused-ring (bicyclic) bond motifs is 2. The van der Waals surface area contributed by atoms with Crippen LogP contribution < -0.4 is 20.8 Å². The molecule has 2 heterocycles. The predicted molar refractivity (Wildman–Crippen MR) is 133 cm³/mol. The number of benzene rings is 1. The van der Waals surface area contributed by atoms with E-state index in [1.807, 2.05) is 0 Å². The van der Waals surface area contributed by atoms with Crippen molar-refractivity contribution in [2.45, 2.75) is 80.0 Å². The van der Waals surface area contributed by atoms with Gasteiger partial charge in [0.15, 0.2) is 5.75 Å². The lowest BCUT2D eigenvalue weighted by Gasteiger charge is -2.60. The molecule has 0 unspecified atom stereocenters. The number of nitrogens with one attached hydrogen (secondary N) is 3. The van der Waals surface area contributed by atoms with E-state index in [2.05, 4.69) is 25.5 Å². The van der Waals surface area contributed by atoms with Crippen LogP contribution in [0.5, 0.6) is 5.75 Å². The van der Waals surface area contributed by atoms with Crippen LogP contribution in [0.25, 0.3) is 0 Å². The summed E-state index contributed by atoms with van der Waals surface area (Å²) in [5, 5.41) is 54.0. The molecule has 16 heteroatoms. The van der Waals surface area contributed by atoms with Crippen molar-refractivity contribution in [3.8, 4) is 5.75 Å². The minimum absolute atomic E-state index is 0.0216. The van der Waals surface area contributed by atoms with E-state index >= 15 is 0 Å². The van der Waals surface area contributed by atoms with Gasteiger partial charge in [-0.15, -0.1) is 0 Å². The second kappa shape index (κ2) is 11.9. The fourth-order valence-electron chi connectivity index (χ4n) is 5.56. The Morgan fingerprint density at radius 3 is 2.31 bits per heavy atom. The highest BCUT2D eigenvalue weighted by atomic mass is 31.2. The Morgan fingerprint density at radius 2 is 1.69 bits per heavy atom. The summed E-state index contributed by atoms with van der Waals surface area (Å²) >= 11 is 0. The Morgan fingerprint density at radius 1 is 1.03 bits per heavy atom. The van der Waals surface area contributed by atoms with Crippen LogP contribution in [0, 0.1) is 0 Å². The van der Waals surface area contributed by atoms with Crippen LogP contribution in [-0.4, -0.2) is 118 Å². The van der Waals surface area contributed by atoms with Gasteiger partial charge in [0, 0.05) is 13.0 Å². The van der Waals surface area contributed by atoms with Gasteiger partial charge in [0.25, 0.3) is 0 Å². The van der Waals surface area contributed by atoms with Gasteiger partial charge in [0.1, 0.15) is 23.9 Å². The molecule has 15 nitrogen and oxygen atoms in total. The van der Waals surface area contributed by atoms with E-state index in [1.165, 1.54) is 12.1 Å². The molecular weight excluding hydrogens is 541 g/mol. The van der Waals surface area contributed by atoms with Gasteiger partial charge in [-0.1, -0.05) is 16.8 Å². The third kappa shape index (κ3) is 6.32. The summed E-state index contributed by atoms with van der Waals surface area (Å²) in [4.78, 5) is 22.0. The zero-order valence-corrected chi connectivity index (χ0v) is 22.7. The molecule has 2 aliphatic heterocycles. The van der Waals surface area contributed by atoms with Crippen molar-refractivity contribution in [1.82, 2.24) is 16.0 Å². The number of likely N-dealkylation sites (N-methyl/N-ethyl adjacent to an activating group) is 2. The van der Waals surface area contributed by atoms with Crippen LogP contribution >= 0.6 is 7.82 Å². The maximum atomic E-state index is 11.7. The SMILES string of the molecule is CN[C@@H]1[C@H](O)[C@H](NC)[C@H]2O[C@]3(O)[C@H](O[C@@H]2[C@H]1O)O[C@H](C)C[C@@]3(O)CNCCc1ccc(OOP(=O)(O)O)cc1. The summed E-state index contributed by atoms with van der Waals surface area (Å²) in [6.07, 6.45) is -5.55. The third-order valence-corrected chi connectivity index (χ3v) is 7.78. The highest BCUT2D eigenvalue weighted by Crippen LogP contribution is 2.46. The van der Waals surface area contributed by atoms with E-state index in [0.29, 0.717) is 13.0 Å². The first kappa shape index (κ1) is 30.7. The monoisotopic (exact) mass is 579 g/mol. The Kier molecular flexibility index (Phi) is 9.38. The number of rotatable bonds is 10. The van der Waals surface area contributed by atoms with Crippen LogP contribution in [0.2, 0.25) is 0 Å². The zero-order chi connectivity index (χ0) is 28.6. The van der Waals surface area contributed by atoms with Crippen molar-refractivity contribution in [3.05, 3.63) is 29.8 Å². The van der Waals surface area contributed by atoms with Gasteiger partial charge >= 0.3 is 7.82 Å². The van der Waals surface area contributed by atoms with Crippen molar-refractivity contribution >= 4 is 7.82 Å². The molecule has 0 aromatic heterocycles. The normalized spacial score (nSPS) is 40.5. The van der Waals surface area contributed by atoms with Crippen molar-refractivity contribution in [3.63, 3.8) is 0 Å². The Balaban J connectivity index is 1.41. The summed E-state index contributed by atoms with van der Waals surface area (Å²) < 4.78 is 32.6. The van der Waals surface area contributed by atoms with Crippen molar-refractivity contribution in [2.24, 2.45) is 0 Å². The minimum atomic E-state index is -4.77. The second-order valence-electron chi connectivity index (χ2n) is 10.2. The number of ether oxygens (including phenoxy) is 3. The maximum Gasteiger partial charge on any atom is 0.505 e. The zero-order valence-electron chi connectivity index (χ0n) is 21.8. The molecule has 2 saturated heterocycles. The molecule has 1 aromatic rings. The van der Waals surface area contributed by atoms with Crippen molar-refractivity contribution in [1.29, 1.82) is 0 Å².